The Balaban J connectivity index is 0. The second-order valence-corrected chi connectivity index (χ2v) is 5.78. The number of aliphatic hydroxyl groups is 1. The lowest BCUT2D eigenvalue weighted by Crippen LogP contribution is -2.32. The normalized spacial score (nSPS) is 11.6. The number of nitrogens with one attached hydrogen (secondary N) is 1. The van der Waals surface area contributed by atoms with Crippen LogP contribution in [-0.2, 0) is 23.7 Å². The minimum absolute atomic E-state index is 0.00525. The molecule has 9 heteroatoms. The quantitative estimate of drug-likeness (QED) is 0.231. The Labute approximate surface area is 164 Å². The van der Waals surface area contributed by atoms with E-state index in [0.717, 1.165) is 6.54 Å². The highest BCUT2D eigenvalue weighted by molar-refractivity contribution is 5.77. The molecule has 6 N–H and O–H groups in total. The molecule has 0 aliphatic carbocycles. The van der Waals surface area contributed by atoms with E-state index in [4.69, 9.17) is 35.5 Å². The lowest BCUT2D eigenvalue weighted by atomic mass is 10.3. The number of amides is 1. The Bertz CT molecular complexity index is 294. The number of unbranched alkanes of at least 4 members (excludes halogenated alkanes) is 1. The number of aliphatic hydroxyl groups excluding tert-OH is 1. The van der Waals surface area contributed by atoms with Gasteiger partial charge in [0.05, 0.1) is 58.9 Å². The van der Waals surface area contributed by atoms with Crippen LogP contribution in [0.3, 0.4) is 0 Å². The zero-order valence-corrected chi connectivity index (χ0v) is 17.1. The van der Waals surface area contributed by atoms with E-state index in [1.807, 2.05) is 0 Å². The van der Waals surface area contributed by atoms with Crippen molar-refractivity contribution in [3.05, 3.63) is 0 Å². The van der Waals surface area contributed by atoms with Crippen LogP contribution in [0.5, 0.6) is 0 Å². The first-order valence-corrected chi connectivity index (χ1v) is 9.74. The van der Waals surface area contributed by atoms with Gasteiger partial charge in [-0.05, 0) is 26.3 Å². The lowest BCUT2D eigenvalue weighted by molar-refractivity contribution is -0.120. The molecule has 0 saturated heterocycles. The van der Waals surface area contributed by atoms with Gasteiger partial charge < -0.3 is 40.8 Å². The number of rotatable bonds is 18. The van der Waals surface area contributed by atoms with Crippen LogP contribution in [0.15, 0.2) is 0 Å². The van der Waals surface area contributed by atoms with Gasteiger partial charge in [0.25, 0.3) is 0 Å². The summed E-state index contributed by atoms with van der Waals surface area (Å²) in [5, 5.41) is 11.6. The zero-order chi connectivity index (χ0) is 20.6. The average Bonchev–Trinajstić information content (AvgIpc) is 2.65. The summed E-state index contributed by atoms with van der Waals surface area (Å²) >= 11 is 0. The van der Waals surface area contributed by atoms with Crippen molar-refractivity contribution < 1.29 is 28.8 Å². The fourth-order valence-corrected chi connectivity index (χ4v) is 1.55. The summed E-state index contributed by atoms with van der Waals surface area (Å²) in [4.78, 5) is 10.8. The lowest BCUT2D eigenvalue weighted by Gasteiger charge is -2.08. The Morgan fingerprint density at radius 2 is 1.41 bits per heavy atom. The SMILES string of the molecule is CC(O)CCOCCOCCOCCOCCNC(=O)CN.CCCCN. The Morgan fingerprint density at radius 3 is 1.78 bits per heavy atom. The third-order valence-corrected chi connectivity index (χ3v) is 3.11. The summed E-state index contributed by atoms with van der Waals surface area (Å²) in [6.07, 6.45) is 2.70. The first-order valence-electron chi connectivity index (χ1n) is 9.74. The van der Waals surface area contributed by atoms with E-state index in [1.165, 1.54) is 12.8 Å². The number of nitrogens with two attached hydrogens (primary N) is 2. The van der Waals surface area contributed by atoms with Crippen molar-refractivity contribution in [1.29, 1.82) is 0 Å². The van der Waals surface area contributed by atoms with Crippen LogP contribution >= 0.6 is 0 Å². The Hall–Kier alpha value is -0.810. The second kappa shape index (κ2) is 25.2. The zero-order valence-electron chi connectivity index (χ0n) is 17.1. The molecule has 164 valence electrons. The van der Waals surface area contributed by atoms with Crippen LogP contribution in [0.2, 0.25) is 0 Å². The molecule has 0 spiro atoms. The molecule has 0 aliphatic heterocycles. The van der Waals surface area contributed by atoms with Crippen LogP contribution < -0.4 is 16.8 Å². The average molecular weight is 396 g/mol. The fraction of sp³-hybridized carbons (Fsp3) is 0.944. The smallest absolute Gasteiger partial charge is 0.233 e. The van der Waals surface area contributed by atoms with Crippen molar-refractivity contribution in [2.75, 3.05) is 72.5 Å². The first-order chi connectivity index (χ1) is 13.1. The molecule has 0 radical (unpaired) electrons. The standard InChI is InChI=1S/C14H30N2O6.C4H11N/c1-13(17)2-4-19-6-8-21-10-11-22-9-7-20-5-3-16-14(18)12-15;1-2-3-4-5/h13,17H,2-12,15H2,1H3,(H,16,18);2-5H2,1H3. The third kappa shape index (κ3) is 30.2. The van der Waals surface area contributed by atoms with Crippen molar-refractivity contribution in [3.63, 3.8) is 0 Å². The summed E-state index contributed by atoms with van der Waals surface area (Å²) in [6.45, 7) is 9.14. The molecular weight excluding hydrogens is 354 g/mol. The minimum Gasteiger partial charge on any atom is -0.393 e. The van der Waals surface area contributed by atoms with E-state index in [-0.39, 0.29) is 18.6 Å². The molecule has 0 heterocycles. The summed E-state index contributed by atoms with van der Waals surface area (Å²) in [5.41, 5.74) is 10.3. The van der Waals surface area contributed by atoms with Crippen molar-refractivity contribution in [3.8, 4) is 0 Å². The van der Waals surface area contributed by atoms with Gasteiger partial charge in [-0.1, -0.05) is 13.3 Å². The number of carbonyl (C=O) groups is 1. The van der Waals surface area contributed by atoms with Gasteiger partial charge in [-0.3, -0.25) is 4.79 Å². The second-order valence-electron chi connectivity index (χ2n) is 5.78. The van der Waals surface area contributed by atoms with E-state index in [9.17, 15) is 4.79 Å². The highest BCUT2D eigenvalue weighted by Gasteiger charge is 1.97. The molecule has 0 aromatic rings. The number of hydrogen-bond acceptors (Lipinski definition) is 8. The largest absolute Gasteiger partial charge is 0.393 e. The van der Waals surface area contributed by atoms with Gasteiger partial charge in [0.2, 0.25) is 5.91 Å². The highest BCUT2D eigenvalue weighted by atomic mass is 16.6. The van der Waals surface area contributed by atoms with E-state index in [2.05, 4.69) is 12.2 Å². The Morgan fingerprint density at radius 1 is 0.926 bits per heavy atom. The molecule has 27 heavy (non-hydrogen) atoms. The predicted octanol–water partition coefficient (Wildman–Crippen LogP) is -0.356. The molecule has 0 aliphatic rings. The van der Waals surface area contributed by atoms with E-state index < -0.39 is 0 Å². The Kier molecular flexibility index (Phi) is 26.5. The van der Waals surface area contributed by atoms with E-state index >= 15 is 0 Å². The molecular formula is C18H41N3O6. The molecule has 9 nitrogen and oxygen atoms in total. The van der Waals surface area contributed by atoms with Crippen LogP contribution in [0.4, 0.5) is 0 Å². The molecule has 0 rings (SSSR count). The maximum atomic E-state index is 10.8. The van der Waals surface area contributed by atoms with Crippen LogP contribution in [-0.4, -0.2) is 89.6 Å². The fourth-order valence-electron chi connectivity index (χ4n) is 1.55. The first kappa shape index (κ1) is 28.4. The van der Waals surface area contributed by atoms with Crippen molar-refractivity contribution in [2.24, 2.45) is 11.5 Å². The topological polar surface area (TPSA) is 138 Å². The van der Waals surface area contributed by atoms with Gasteiger partial charge in [0.1, 0.15) is 0 Å². The van der Waals surface area contributed by atoms with Crippen LogP contribution in [0.25, 0.3) is 0 Å². The molecule has 0 aromatic carbocycles. The van der Waals surface area contributed by atoms with Gasteiger partial charge >= 0.3 is 0 Å². The minimum atomic E-state index is -0.325. The summed E-state index contributed by atoms with van der Waals surface area (Å²) in [6, 6.07) is 0. The summed E-state index contributed by atoms with van der Waals surface area (Å²) in [5.74, 6) is -0.188. The predicted molar refractivity (Wildman–Crippen MR) is 106 cm³/mol. The molecule has 1 unspecified atom stereocenters. The van der Waals surface area contributed by atoms with Gasteiger partial charge in [0, 0.05) is 13.2 Å². The molecule has 1 amide bonds. The summed E-state index contributed by atoms with van der Waals surface area (Å²) in [7, 11) is 0. The maximum absolute atomic E-state index is 10.8. The van der Waals surface area contributed by atoms with E-state index in [0.29, 0.717) is 65.8 Å². The number of hydrogen-bond donors (Lipinski definition) is 4. The number of carbonyl (C=O) groups excluding carboxylic acids is 1. The number of ether oxygens (including phenoxy) is 4. The molecule has 1 atom stereocenters. The molecule has 0 bridgehead atoms. The van der Waals surface area contributed by atoms with Crippen LogP contribution in [0.1, 0.15) is 33.1 Å². The maximum Gasteiger partial charge on any atom is 0.233 e. The van der Waals surface area contributed by atoms with Gasteiger partial charge in [-0.15, -0.1) is 0 Å². The van der Waals surface area contributed by atoms with Gasteiger partial charge in [-0.25, -0.2) is 0 Å². The third-order valence-electron chi connectivity index (χ3n) is 3.11. The van der Waals surface area contributed by atoms with Gasteiger partial charge in [-0.2, -0.15) is 0 Å². The van der Waals surface area contributed by atoms with E-state index in [1.54, 1.807) is 6.92 Å². The molecule has 0 aromatic heterocycles. The van der Waals surface area contributed by atoms with Crippen molar-refractivity contribution in [1.82, 2.24) is 5.32 Å². The molecule has 0 fully saturated rings. The molecule has 0 saturated carbocycles. The monoisotopic (exact) mass is 395 g/mol. The highest BCUT2D eigenvalue weighted by Crippen LogP contribution is 1.90. The van der Waals surface area contributed by atoms with Gasteiger partial charge in [0.15, 0.2) is 0 Å². The van der Waals surface area contributed by atoms with Crippen molar-refractivity contribution >= 4 is 5.91 Å². The van der Waals surface area contributed by atoms with Crippen molar-refractivity contribution in [2.45, 2.75) is 39.2 Å². The summed E-state index contributed by atoms with van der Waals surface area (Å²) < 4.78 is 21.1. The van der Waals surface area contributed by atoms with Crippen LogP contribution in [0, 0.1) is 0 Å².